The Hall–Kier alpha value is -2.49. The van der Waals surface area contributed by atoms with Gasteiger partial charge in [0, 0.05) is 42.3 Å². The molecule has 0 bridgehead atoms. The lowest BCUT2D eigenvalue weighted by atomic mass is 9.86. The lowest BCUT2D eigenvalue weighted by Gasteiger charge is -2.28. The van der Waals surface area contributed by atoms with E-state index in [1.165, 1.54) is 6.26 Å². The molecule has 5 rings (SSSR count). The number of hydrogen-bond acceptors (Lipinski definition) is 7. The summed E-state index contributed by atoms with van der Waals surface area (Å²) in [7, 11) is -3.09. The maximum atomic E-state index is 11.5. The quantitative estimate of drug-likeness (QED) is 0.469. The largest absolute Gasteiger partial charge is 0.474 e. The number of sulfone groups is 1. The van der Waals surface area contributed by atoms with Gasteiger partial charge in [-0.1, -0.05) is 17.7 Å². The lowest BCUT2D eigenvalue weighted by molar-refractivity contribution is 0.0643. The molecule has 1 fully saturated rings. The van der Waals surface area contributed by atoms with Crippen LogP contribution in [0.2, 0.25) is 5.02 Å². The van der Waals surface area contributed by atoms with Crippen LogP contribution in [0.3, 0.4) is 0 Å². The molecule has 8 nitrogen and oxygen atoms in total. The van der Waals surface area contributed by atoms with Gasteiger partial charge in [-0.15, -0.1) is 10.2 Å². The van der Waals surface area contributed by atoms with Gasteiger partial charge in [0.1, 0.15) is 27.6 Å². The predicted molar refractivity (Wildman–Crippen MR) is 133 cm³/mol. The number of nitrogens with zero attached hydrogens (tertiary/aromatic N) is 4. The van der Waals surface area contributed by atoms with Crippen LogP contribution in [0.15, 0.2) is 42.6 Å². The Morgan fingerprint density at radius 2 is 1.89 bits per heavy atom. The van der Waals surface area contributed by atoms with Gasteiger partial charge < -0.3 is 9.47 Å². The Balaban J connectivity index is 1.35. The molecule has 1 unspecified atom stereocenters. The SMILES string of the molecule is CS(=O)(=O)CCOC1Cc2cc(Cl)ccc2-n2c(nnc2C2CCC(Oc3ccccn3)CC2)C1. The fraction of sp³-hybridized carbons (Fsp3) is 0.480. The zero-order valence-electron chi connectivity index (χ0n) is 19.6. The highest BCUT2D eigenvalue weighted by Crippen LogP contribution is 2.37. The van der Waals surface area contributed by atoms with Gasteiger partial charge in [0.05, 0.1) is 24.2 Å². The molecule has 0 radical (unpaired) electrons. The van der Waals surface area contributed by atoms with E-state index in [-0.39, 0.29) is 30.5 Å². The third-order valence-corrected chi connectivity index (χ3v) is 7.81. The van der Waals surface area contributed by atoms with Gasteiger partial charge in [-0.3, -0.25) is 4.57 Å². The fourth-order valence-corrected chi connectivity index (χ4v) is 5.55. The van der Waals surface area contributed by atoms with Gasteiger partial charge in [-0.25, -0.2) is 13.4 Å². The first-order chi connectivity index (χ1) is 16.9. The van der Waals surface area contributed by atoms with Crippen LogP contribution < -0.4 is 4.74 Å². The van der Waals surface area contributed by atoms with Crippen molar-refractivity contribution in [2.24, 2.45) is 0 Å². The van der Waals surface area contributed by atoms with Crippen molar-refractivity contribution in [2.75, 3.05) is 18.6 Å². The van der Waals surface area contributed by atoms with Crippen molar-refractivity contribution in [2.45, 2.75) is 56.7 Å². The molecule has 0 N–H and O–H groups in total. The Morgan fingerprint density at radius 1 is 1.06 bits per heavy atom. The van der Waals surface area contributed by atoms with E-state index in [2.05, 4.69) is 19.7 Å². The highest BCUT2D eigenvalue weighted by atomic mass is 35.5. The molecule has 1 saturated carbocycles. The van der Waals surface area contributed by atoms with Crippen LogP contribution in [0.25, 0.3) is 5.69 Å². The number of ether oxygens (including phenoxy) is 2. The second-order valence-electron chi connectivity index (χ2n) is 9.37. The van der Waals surface area contributed by atoms with E-state index in [9.17, 15) is 8.42 Å². The van der Waals surface area contributed by atoms with E-state index < -0.39 is 9.84 Å². The van der Waals surface area contributed by atoms with E-state index in [1.54, 1.807) is 6.20 Å². The fourth-order valence-electron chi connectivity index (χ4n) is 4.96. The van der Waals surface area contributed by atoms with Crippen molar-refractivity contribution in [1.29, 1.82) is 0 Å². The predicted octanol–water partition coefficient (Wildman–Crippen LogP) is 3.95. The molecular formula is C25H29ClN4O4S. The van der Waals surface area contributed by atoms with E-state index in [0.717, 1.165) is 48.6 Å². The molecule has 2 aliphatic rings. The molecule has 2 aromatic heterocycles. The Labute approximate surface area is 210 Å². The van der Waals surface area contributed by atoms with E-state index >= 15 is 0 Å². The smallest absolute Gasteiger partial charge is 0.213 e. The van der Waals surface area contributed by atoms with Gasteiger partial charge in [0.2, 0.25) is 5.88 Å². The molecule has 0 spiro atoms. The molecule has 10 heteroatoms. The van der Waals surface area contributed by atoms with Gasteiger partial charge in [-0.2, -0.15) is 0 Å². The number of pyridine rings is 1. The molecule has 3 aromatic rings. The maximum Gasteiger partial charge on any atom is 0.213 e. The highest BCUT2D eigenvalue weighted by Gasteiger charge is 2.32. The summed E-state index contributed by atoms with van der Waals surface area (Å²) in [6, 6.07) is 11.6. The first kappa shape index (κ1) is 24.2. The Morgan fingerprint density at radius 3 is 2.63 bits per heavy atom. The van der Waals surface area contributed by atoms with Crippen LogP contribution in [-0.4, -0.2) is 59.0 Å². The van der Waals surface area contributed by atoms with Gasteiger partial charge >= 0.3 is 0 Å². The molecule has 0 amide bonds. The van der Waals surface area contributed by atoms with Crippen LogP contribution in [-0.2, 0) is 27.4 Å². The lowest BCUT2D eigenvalue weighted by Crippen LogP contribution is -2.25. The number of halogens is 1. The summed E-state index contributed by atoms with van der Waals surface area (Å²) in [5, 5.41) is 9.83. The van der Waals surface area contributed by atoms with E-state index in [0.29, 0.717) is 23.7 Å². The van der Waals surface area contributed by atoms with Crippen molar-refractivity contribution < 1.29 is 17.9 Å². The van der Waals surface area contributed by atoms with Crippen molar-refractivity contribution in [1.82, 2.24) is 19.7 Å². The average molecular weight is 517 g/mol. The topological polar surface area (TPSA) is 96.2 Å². The number of benzene rings is 1. The summed E-state index contributed by atoms with van der Waals surface area (Å²) in [5.74, 6) is 2.72. The second kappa shape index (κ2) is 10.2. The minimum atomic E-state index is -3.09. The van der Waals surface area contributed by atoms with Gasteiger partial charge in [0.25, 0.3) is 0 Å². The van der Waals surface area contributed by atoms with Gasteiger partial charge in [0.15, 0.2) is 0 Å². The first-order valence-electron chi connectivity index (χ1n) is 12.0. The maximum absolute atomic E-state index is 11.5. The molecule has 35 heavy (non-hydrogen) atoms. The Bertz CT molecular complexity index is 1270. The van der Waals surface area contributed by atoms with Crippen molar-refractivity contribution in [3.63, 3.8) is 0 Å². The second-order valence-corrected chi connectivity index (χ2v) is 12.1. The monoisotopic (exact) mass is 516 g/mol. The third kappa shape index (κ3) is 5.85. The van der Waals surface area contributed by atoms with E-state index in [4.69, 9.17) is 21.1 Å². The molecule has 1 aliphatic carbocycles. The summed E-state index contributed by atoms with van der Waals surface area (Å²) < 4.78 is 37.3. The first-order valence-corrected chi connectivity index (χ1v) is 14.4. The summed E-state index contributed by atoms with van der Waals surface area (Å²) in [5.41, 5.74) is 2.07. The highest BCUT2D eigenvalue weighted by molar-refractivity contribution is 7.90. The standard InChI is InChI=1S/C25H29ClN4O4S/c1-35(31,32)13-12-33-21-15-18-14-19(26)7-10-22(18)30-23(16-21)28-29-25(30)17-5-8-20(9-6-17)34-24-4-2-3-11-27-24/h2-4,7,10-11,14,17,20-21H,5-6,8-9,12-13,15-16H2,1H3. The van der Waals surface area contributed by atoms with Crippen molar-refractivity contribution in [3.8, 4) is 11.6 Å². The van der Waals surface area contributed by atoms with E-state index in [1.807, 2.05) is 36.4 Å². The minimum Gasteiger partial charge on any atom is -0.474 e. The summed E-state index contributed by atoms with van der Waals surface area (Å²) in [4.78, 5) is 4.28. The number of rotatable bonds is 7. The molecule has 1 aliphatic heterocycles. The summed E-state index contributed by atoms with van der Waals surface area (Å²) in [6.07, 6.45) is 7.85. The van der Waals surface area contributed by atoms with Crippen LogP contribution in [0.4, 0.5) is 0 Å². The number of fused-ring (bicyclic) bond motifs is 3. The average Bonchev–Trinajstić information content (AvgIpc) is 3.16. The Kier molecular flexibility index (Phi) is 7.09. The van der Waals surface area contributed by atoms with Crippen LogP contribution in [0.1, 0.15) is 48.8 Å². The molecule has 1 atom stereocenters. The molecule has 3 heterocycles. The summed E-state index contributed by atoms with van der Waals surface area (Å²) in [6.45, 7) is 0.153. The van der Waals surface area contributed by atoms with Crippen LogP contribution >= 0.6 is 11.6 Å². The van der Waals surface area contributed by atoms with Crippen LogP contribution in [0, 0.1) is 0 Å². The third-order valence-electron chi connectivity index (χ3n) is 6.67. The zero-order valence-corrected chi connectivity index (χ0v) is 21.2. The normalized spacial score (nSPS) is 22.2. The van der Waals surface area contributed by atoms with Crippen LogP contribution in [0.5, 0.6) is 5.88 Å². The number of aromatic nitrogens is 4. The molecule has 0 saturated heterocycles. The van der Waals surface area contributed by atoms with Crippen molar-refractivity contribution in [3.05, 3.63) is 64.8 Å². The van der Waals surface area contributed by atoms with Gasteiger partial charge in [-0.05, 0) is 55.5 Å². The molecular weight excluding hydrogens is 488 g/mol. The molecule has 186 valence electrons. The molecule has 1 aromatic carbocycles. The summed E-state index contributed by atoms with van der Waals surface area (Å²) >= 11 is 6.33. The zero-order chi connectivity index (χ0) is 24.4. The minimum absolute atomic E-state index is 0.00629. The number of hydrogen-bond donors (Lipinski definition) is 0. The van der Waals surface area contributed by atoms with Crippen molar-refractivity contribution >= 4 is 21.4 Å².